The summed E-state index contributed by atoms with van der Waals surface area (Å²) in [7, 11) is 0. The van der Waals surface area contributed by atoms with Gasteiger partial charge in [-0.2, -0.15) is 0 Å². The first-order chi connectivity index (χ1) is 7.44. The number of ether oxygens (including phenoxy) is 2. The predicted molar refractivity (Wildman–Crippen MR) is 67.3 cm³/mol. The van der Waals surface area contributed by atoms with Crippen molar-refractivity contribution in [2.24, 2.45) is 11.3 Å². The lowest BCUT2D eigenvalue weighted by atomic mass is 9.85. The van der Waals surface area contributed by atoms with Crippen LogP contribution in [0.25, 0.3) is 0 Å². The first-order valence-corrected chi connectivity index (χ1v) is 6.35. The third-order valence-electron chi connectivity index (χ3n) is 3.88. The van der Waals surface area contributed by atoms with Crippen molar-refractivity contribution >= 4 is 0 Å². The zero-order valence-electron chi connectivity index (χ0n) is 11.6. The van der Waals surface area contributed by atoms with Crippen molar-refractivity contribution in [2.45, 2.75) is 54.3 Å². The van der Waals surface area contributed by atoms with E-state index in [2.05, 4.69) is 27.7 Å². The van der Waals surface area contributed by atoms with Crippen LogP contribution in [0.1, 0.15) is 48.0 Å². The van der Waals surface area contributed by atoms with Crippen LogP contribution in [-0.4, -0.2) is 19.5 Å². The summed E-state index contributed by atoms with van der Waals surface area (Å²) in [6, 6.07) is 0. The van der Waals surface area contributed by atoms with Crippen molar-refractivity contribution < 1.29 is 9.47 Å². The highest BCUT2D eigenvalue weighted by atomic mass is 16.7. The maximum absolute atomic E-state index is 5.72. The van der Waals surface area contributed by atoms with Gasteiger partial charge in [0.05, 0.1) is 0 Å². The second-order valence-corrected chi connectivity index (χ2v) is 5.28. The molecule has 1 atom stereocenters. The smallest absolute Gasteiger partial charge is 0.164 e. The summed E-state index contributed by atoms with van der Waals surface area (Å²) in [5.41, 5.74) is 3.25. The Labute approximate surface area is 100 Å². The third-order valence-corrected chi connectivity index (χ3v) is 3.88. The standard InChI is InChI=1S/C14H26O2/c1-7-15-13(16-8-2)12-9-14(5,6)11(4)10(12)3/h12-13H,7-9H2,1-6H3. The Kier molecular flexibility index (Phi) is 4.57. The van der Waals surface area contributed by atoms with E-state index in [1.165, 1.54) is 11.1 Å². The average Bonchev–Trinajstić information content (AvgIpc) is 2.42. The largest absolute Gasteiger partial charge is 0.352 e. The van der Waals surface area contributed by atoms with Gasteiger partial charge in [0.15, 0.2) is 6.29 Å². The summed E-state index contributed by atoms with van der Waals surface area (Å²) in [4.78, 5) is 0. The van der Waals surface area contributed by atoms with Gasteiger partial charge in [-0.3, -0.25) is 0 Å². The lowest BCUT2D eigenvalue weighted by Gasteiger charge is -2.26. The van der Waals surface area contributed by atoms with Crippen LogP contribution in [0.5, 0.6) is 0 Å². The molecule has 0 aromatic rings. The molecule has 94 valence electrons. The lowest BCUT2D eigenvalue weighted by Crippen LogP contribution is -2.28. The Morgan fingerprint density at radius 2 is 1.69 bits per heavy atom. The molecule has 0 aromatic heterocycles. The summed E-state index contributed by atoms with van der Waals surface area (Å²) in [5.74, 6) is 0.426. The molecule has 1 rings (SSSR count). The highest BCUT2D eigenvalue weighted by Gasteiger charge is 2.39. The molecule has 0 radical (unpaired) electrons. The molecule has 0 fully saturated rings. The molecule has 1 aliphatic rings. The van der Waals surface area contributed by atoms with Gasteiger partial charge in [-0.05, 0) is 39.5 Å². The maximum Gasteiger partial charge on any atom is 0.164 e. The Hall–Kier alpha value is -0.340. The van der Waals surface area contributed by atoms with E-state index in [0.29, 0.717) is 24.5 Å². The molecule has 0 aliphatic heterocycles. The highest BCUT2D eigenvalue weighted by molar-refractivity contribution is 5.26. The molecule has 0 saturated heterocycles. The molecule has 0 aromatic carbocycles. The first-order valence-electron chi connectivity index (χ1n) is 6.35. The van der Waals surface area contributed by atoms with Crippen LogP contribution < -0.4 is 0 Å². The van der Waals surface area contributed by atoms with Crippen molar-refractivity contribution in [3.63, 3.8) is 0 Å². The second kappa shape index (κ2) is 5.33. The van der Waals surface area contributed by atoms with E-state index in [0.717, 1.165) is 6.42 Å². The molecule has 0 N–H and O–H groups in total. The Morgan fingerprint density at radius 3 is 2.00 bits per heavy atom. The van der Waals surface area contributed by atoms with E-state index in [1.54, 1.807) is 0 Å². The fourth-order valence-corrected chi connectivity index (χ4v) is 2.58. The SMILES string of the molecule is CCOC(OCC)C1CC(C)(C)C(C)=C1C. The maximum atomic E-state index is 5.72. The summed E-state index contributed by atoms with van der Waals surface area (Å²) in [5, 5.41) is 0. The summed E-state index contributed by atoms with van der Waals surface area (Å²) in [6.07, 6.45) is 1.07. The van der Waals surface area contributed by atoms with Crippen LogP contribution in [0.3, 0.4) is 0 Å². The van der Waals surface area contributed by atoms with Crippen LogP contribution in [0, 0.1) is 11.3 Å². The van der Waals surface area contributed by atoms with E-state index in [1.807, 2.05) is 13.8 Å². The molecule has 0 heterocycles. The Balaban J connectivity index is 2.81. The van der Waals surface area contributed by atoms with Gasteiger partial charge in [0.2, 0.25) is 0 Å². The zero-order valence-corrected chi connectivity index (χ0v) is 11.6. The molecule has 1 unspecified atom stereocenters. The van der Waals surface area contributed by atoms with Crippen LogP contribution >= 0.6 is 0 Å². The molecule has 2 nitrogen and oxygen atoms in total. The normalized spacial score (nSPS) is 24.6. The van der Waals surface area contributed by atoms with Gasteiger partial charge in [0.1, 0.15) is 0 Å². The predicted octanol–water partition coefficient (Wildman–Crippen LogP) is 3.77. The zero-order chi connectivity index (χ0) is 12.3. The minimum atomic E-state index is -0.0632. The summed E-state index contributed by atoms with van der Waals surface area (Å²) >= 11 is 0. The molecule has 2 heteroatoms. The van der Waals surface area contributed by atoms with Gasteiger partial charge in [-0.1, -0.05) is 25.0 Å². The molecule has 0 saturated carbocycles. The molecule has 0 bridgehead atoms. The van der Waals surface area contributed by atoms with Crippen molar-refractivity contribution in [1.82, 2.24) is 0 Å². The van der Waals surface area contributed by atoms with E-state index in [-0.39, 0.29) is 6.29 Å². The third kappa shape index (κ3) is 2.67. The topological polar surface area (TPSA) is 18.5 Å². The number of hydrogen-bond acceptors (Lipinski definition) is 2. The minimum Gasteiger partial charge on any atom is -0.352 e. The van der Waals surface area contributed by atoms with Gasteiger partial charge in [-0.15, -0.1) is 0 Å². The van der Waals surface area contributed by atoms with Gasteiger partial charge in [0, 0.05) is 19.1 Å². The summed E-state index contributed by atoms with van der Waals surface area (Å²) < 4.78 is 11.4. The molecule has 16 heavy (non-hydrogen) atoms. The summed E-state index contributed by atoms with van der Waals surface area (Å²) in [6.45, 7) is 14.6. The number of hydrogen-bond donors (Lipinski definition) is 0. The van der Waals surface area contributed by atoms with E-state index in [4.69, 9.17) is 9.47 Å². The first kappa shape index (κ1) is 13.7. The van der Waals surface area contributed by atoms with Gasteiger partial charge in [-0.25, -0.2) is 0 Å². The molecule has 0 spiro atoms. The average molecular weight is 226 g/mol. The van der Waals surface area contributed by atoms with Crippen molar-refractivity contribution in [1.29, 1.82) is 0 Å². The highest BCUT2D eigenvalue weighted by Crippen LogP contribution is 2.47. The second-order valence-electron chi connectivity index (χ2n) is 5.28. The van der Waals surface area contributed by atoms with E-state index in [9.17, 15) is 0 Å². The van der Waals surface area contributed by atoms with Crippen molar-refractivity contribution in [3.05, 3.63) is 11.1 Å². The molecule has 0 amide bonds. The molecule has 1 aliphatic carbocycles. The minimum absolute atomic E-state index is 0.0632. The fraction of sp³-hybridized carbons (Fsp3) is 0.857. The van der Waals surface area contributed by atoms with Crippen molar-refractivity contribution in [3.8, 4) is 0 Å². The van der Waals surface area contributed by atoms with E-state index >= 15 is 0 Å². The van der Waals surface area contributed by atoms with Crippen molar-refractivity contribution in [2.75, 3.05) is 13.2 Å². The number of rotatable bonds is 5. The van der Waals surface area contributed by atoms with Gasteiger partial charge >= 0.3 is 0 Å². The van der Waals surface area contributed by atoms with Gasteiger partial charge < -0.3 is 9.47 Å². The Morgan fingerprint density at radius 1 is 1.19 bits per heavy atom. The number of allylic oxidation sites excluding steroid dienone is 1. The monoisotopic (exact) mass is 226 g/mol. The van der Waals surface area contributed by atoms with Crippen LogP contribution in [0.4, 0.5) is 0 Å². The Bertz CT molecular complexity index is 260. The van der Waals surface area contributed by atoms with Crippen LogP contribution in [-0.2, 0) is 9.47 Å². The molecular weight excluding hydrogens is 200 g/mol. The fourth-order valence-electron chi connectivity index (χ4n) is 2.58. The van der Waals surface area contributed by atoms with Crippen LogP contribution in [0.15, 0.2) is 11.1 Å². The quantitative estimate of drug-likeness (QED) is 0.525. The van der Waals surface area contributed by atoms with Gasteiger partial charge in [0.25, 0.3) is 0 Å². The van der Waals surface area contributed by atoms with Crippen LogP contribution in [0.2, 0.25) is 0 Å². The molecular formula is C14H26O2. The lowest BCUT2D eigenvalue weighted by molar-refractivity contribution is -0.161. The van der Waals surface area contributed by atoms with E-state index < -0.39 is 0 Å².